The fraction of sp³-hybridized carbons (Fsp3) is 0.290. The second-order valence-electron chi connectivity index (χ2n) is 10.9. The van der Waals surface area contributed by atoms with Crippen molar-refractivity contribution in [3.8, 4) is 0 Å². The second-order valence-corrected chi connectivity index (χ2v) is 10.9. The summed E-state index contributed by atoms with van der Waals surface area (Å²) in [7, 11) is 0. The molecule has 0 aliphatic carbocycles. The van der Waals surface area contributed by atoms with E-state index in [0.717, 1.165) is 22.0 Å². The highest BCUT2D eigenvalue weighted by molar-refractivity contribution is 6.06. The van der Waals surface area contributed by atoms with Crippen molar-refractivity contribution in [2.24, 2.45) is 5.92 Å². The molecule has 0 saturated carbocycles. The third-order valence-electron chi connectivity index (χ3n) is 6.33. The third kappa shape index (κ3) is 6.26. The van der Waals surface area contributed by atoms with Crippen molar-refractivity contribution < 1.29 is 14.0 Å². The number of fused-ring (bicyclic) bond motifs is 1. The van der Waals surface area contributed by atoms with Crippen LogP contribution in [0.4, 0.5) is 10.1 Å². The predicted molar refractivity (Wildman–Crippen MR) is 148 cm³/mol. The fourth-order valence-corrected chi connectivity index (χ4v) is 4.19. The van der Waals surface area contributed by atoms with Gasteiger partial charge in [0.2, 0.25) is 0 Å². The summed E-state index contributed by atoms with van der Waals surface area (Å²) in [6.07, 6.45) is 0. The summed E-state index contributed by atoms with van der Waals surface area (Å²) < 4.78 is 15.4. The monoisotopic (exact) mass is 499 g/mol. The van der Waals surface area contributed by atoms with Crippen LogP contribution in [0.3, 0.4) is 0 Å². The summed E-state index contributed by atoms with van der Waals surface area (Å²) in [5.41, 5.74) is 4.65. The Kier molecular flexibility index (Phi) is 7.48. The van der Waals surface area contributed by atoms with Crippen molar-refractivity contribution in [3.63, 3.8) is 0 Å². The number of hydrogen-bond donors (Lipinski definition) is 2. The Morgan fingerprint density at radius 2 is 1.57 bits per heavy atom. The molecule has 3 aromatic carbocycles. The SMILES string of the molecule is CC(C)CNC(=O)c1cc2cc(NC(=O)c3ccc(C(C)(C)C)cc3)ccc2n1Cc1ccc(F)cc1. The van der Waals surface area contributed by atoms with E-state index < -0.39 is 0 Å². The fourth-order valence-electron chi connectivity index (χ4n) is 4.19. The number of benzene rings is 3. The van der Waals surface area contributed by atoms with Gasteiger partial charge in [0.05, 0.1) is 0 Å². The summed E-state index contributed by atoms with van der Waals surface area (Å²) in [4.78, 5) is 26.0. The molecule has 0 spiro atoms. The number of carbonyl (C=O) groups is 2. The molecule has 0 saturated heterocycles. The minimum absolute atomic E-state index is 0.0142. The highest BCUT2D eigenvalue weighted by Crippen LogP contribution is 2.26. The van der Waals surface area contributed by atoms with Crippen LogP contribution in [-0.4, -0.2) is 22.9 Å². The molecule has 0 atom stereocenters. The van der Waals surface area contributed by atoms with E-state index in [1.165, 1.54) is 12.1 Å². The summed E-state index contributed by atoms with van der Waals surface area (Å²) in [5.74, 6) is -0.348. The number of hydrogen-bond acceptors (Lipinski definition) is 2. The van der Waals surface area contributed by atoms with Gasteiger partial charge < -0.3 is 15.2 Å². The van der Waals surface area contributed by atoms with Gasteiger partial charge in [-0.15, -0.1) is 0 Å². The largest absolute Gasteiger partial charge is 0.351 e. The normalized spacial score (nSPS) is 11.6. The van der Waals surface area contributed by atoms with Gasteiger partial charge in [-0.3, -0.25) is 9.59 Å². The maximum absolute atomic E-state index is 13.4. The van der Waals surface area contributed by atoms with Crippen molar-refractivity contribution in [1.29, 1.82) is 0 Å². The van der Waals surface area contributed by atoms with Crippen molar-refractivity contribution >= 4 is 28.4 Å². The first kappa shape index (κ1) is 26.1. The van der Waals surface area contributed by atoms with Crippen LogP contribution in [0.25, 0.3) is 10.9 Å². The Hall–Kier alpha value is -3.93. The van der Waals surface area contributed by atoms with E-state index in [1.807, 2.05) is 66.9 Å². The van der Waals surface area contributed by atoms with Gasteiger partial charge in [-0.25, -0.2) is 4.39 Å². The van der Waals surface area contributed by atoms with E-state index in [2.05, 4.69) is 31.4 Å². The molecule has 0 aliphatic heterocycles. The number of halogens is 1. The van der Waals surface area contributed by atoms with Crippen LogP contribution in [-0.2, 0) is 12.0 Å². The maximum Gasteiger partial charge on any atom is 0.267 e. The molecule has 6 heteroatoms. The highest BCUT2D eigenvalue weighted by atomic mass is 19.1. The zero-order valence-electron chi connectivity index (χ0n) is 22.1. The number of nitrogens with one attached hydrogen (secondary N) is 2. The maximum atomic E-state index is 13.4. The molecule has 0 aliphatic rings. The molecule has 0 fully saturated rings. The molecule has 4 aromatic rings. The molecule has 0 radical (unpaired) electrons. The molecule has 192 valence electrons. The number of rotatable bonds is 7. The molecule has 0 unspecified atom stereocenters. The van der Waals surface area contributed by atoms with Gasteiger partial charge in [-0.05, 0) is 71.0 Å². The predicted octanol–water partition coefficient (Wildman–Crippen LogP) is 6.76. The molecule has 1 aromatic heterocycles. The zero-order chi connectivity index (χ0) is 26.7. The lowest BCUT2D eigenvalue weighted by Gasteiger charge is -2.19. The number of aromatic nitrogens is 1. The van der Waals surface area contributed by atoms with Crippen LogP contribution in [0.1, 0.15) is 66.6 Å². The van der Waals surface area contributed by atoms with Crippen molar-refractivity contribution in [3.05, 3.63) is 101 Å². The first-order valence-electron chi connectivity index (χ1n) is 12.6. The molecule has 0 bridgehead atoms. The standard InChI is InChI=1S/C31H34FN3O2/c1-20(2)18-33-30(37)28-17-23-16-26(34-29(36)22-8-10-24(11-9-22)31(3,4)5)14-15-27(23)35(28)19-21-6-12-25(32)13-7-21/h6-17,20H,18-19H2,1-5H3,(H,33,37)(H,34,36). The summed E-state index contributed by atoms with van der Waals surface area (Å²) in [5, 5.41) is 6.79. The molecule has 2 N–H and O–H groups in total. The molecule has 4 rings (SSSR count). The van der Waals surface area contributed by atoms with E-state index in [-0.39, 0.29) is 23.0 Å². The first-order valence-corrected chi connectivity index (χ1v) is 12.6. The minimum atomic E-state index is -0.301. The van der Waals surface area contributed by atoms with Gasteiger partial charge in [0, 0.05) is 35.2 Å². The van der Waals surface area contributed by atoms with Crippen molar-refractivity contribution in [2.75, 3.05) is 11.9 Å². The van der Waals surface area contributed by atoms with Crippen LogP contribution in [0.5, 0.6) is 0 Å². The van der Waals surface area contributed by atoms with Gasteiger partial charge in [-0.2, -0.15) is 0 Å². The Balaban J connectivity index is 1.63. The van der Waals surface area contributed by atoms with Gasteiger partial charge in [-0.1, -0.05) is 58.9 Å². The average molecular weight is 500 g/mol. The molecule has 37 heavy (non-hydrogen) atoms. The van der Waals surface area contributed by atoms with Crippen molar-refractivity contribution in [2.45, 2.75) is 46.6 Å². The Labute approximate surface area is 217 Å². The molecular formula is C31H34FN3O2. The van der Waals surface area contributed by atoms with E-state index in [1.54, 1.807) is 12.1 Å². The molecule has 2 amide bonds. The van der Waals surface area contributed by atoms with Crippen LogP contribution >= 0.6 is 0 Å². The molecule has 1 heterocycles. The van der Waals surface area contributed by atoms with E-state index in [0.29, 0.717) is 36.0 Å². The molecular weight excluding hydrogens is 465 g/mol. The highest BCUT2D eigenvalue weighted by Gasteiger charge is 2.18. The zero-order valence-corrected chi connectivity index (χ0v) is 22.1. The molecule has 5 nitrogen and oxygen atoms in total. The van der Waals surface area contributed by atoms with Crippen LogP contribution in [0.15, 0.2) is 72.8 Å². The van der Waals surface area contributed by atoms with Crippen molar-refractivity contribution in [1.82, 2.24) is 9.88 Å². The van der Waals surface area contributed by atoms with Crippen LogP contribution in [0, 0.1) is 11.7 Å². The topological polar surface area (TPSA) is 63.1 Å². The second kappa shape index (κ2) is 10.6. The Bertz CT molecular complexity index is 1410. The quantitative estimate of drug-likeness (QED) is 0.295. The van der Waals surface area contributed by atoms with Gasteiger partial charge in [0.1, 0.15) is 11.5 Å². The smallest absolute Gasteiger partial charge is 0.267 e. The minimum Gasteiger partial charge on any atom is -0.351 e. The number of amides is 2. The first-order chi connectivity index (χ1) is 17.5. The lowest BCUT2D eigenvalue weighted by atomic mass is 9.87. The van der Waals surface area contributed by atoms with E-state index in [4.69, 9.17) is 0 Å². The Morgan fingerprint density at radius 1 is 0.892 bits per heavy atom. The van der Waals surface area contributed by atoms with Gasteiger partial charge in [0.25, 0.3) is 11.8 Å². The summed E-state index contributed by atoms with van der Waals surface area (Å²) >= 11 is 0. The Morgan fingerprint density at radius 3 is 2.19 bits per heavy atom. The van der Waals surface area contributed by atoms with E-state index >= 15 is 0 Å². The van der Waals surface area contributed by atoms with Gasteiger partial charge >= 0.3 is 0 Å². The lowest BCUT2D eigenvalue weighted by molar-refractivity contribution is 0.0940. The number of anilines is 1. The summed E-state index contributed by atoms with van der Waals surface area (Å²) in [6, 6.07) is 21.4. The van der Waals surface area contributed by atoms with E-state index in [9.17, 15) is 14.0 Å². The lowest BCUT2D eigenvalue weighted by Crippen LogP contribution is -2.29. The number of nitrogens with zero attached hydrogens (tertiary/aromatic N) is 1. The summed E-state index contributed by atoms with van der Waals surface area (Å²) in [6.45, 7) is 11.5. The van der Waals surface area contributed by atoms with Crippen LogP contribution in [0.2, 0.25) is 0 Å². The van der Waals surface area contributed by atoms with Crippen LogP contribution < -0.4 is 10.6 Å². The average Bonchev–Trinajstić information content (AvgIpc) is 3.21. The number of carbonyl (C=O) groups excluding carboxylic acids is 2. The van der Waals surface area contributed by atoms with Gasteiger partial charge in [0.15, 0.2) is 0 Å². The third-order valence-corrected chi connectivity index (χ3v) is 6.33.